The summed E-state index contributed by atoms with van der Waals surface area (Å²) in [4.78, 5) is 4.04. The molecule has 0 saturated carbocycles. The lowest BCUT2D eigenvalue weighted by Gasteiger charge is -2.07. The van der Waals surface area contributed by atoms with E-state index in [0.717, 1.165) is 16.7 Å². The van der Waals surface area contributed by atoms with Gasteiger partial charge in [0, 0.05) is 29.1 Å². The second kappa shape index (κ2) is 5.12. The summed E-state index contributed by atoms with van der Waals surface area (Å²) < 4.78 is 1.04. The summed E-state index contributed by atoms with van der Waals surface area (Å²) in [6.07, 6.45) is 3.61. The SMILES string of the molecule is Cc1ccc(NCc2ccncc2Br)cc1. The van der Waals surface area contributed by atoms with Gasteiger partial charge in [0.15, 0.2) is 0 Å². The average Bonchev–Trinajstić information content (AvgIpc) is 2.30. The highest BCUT2D eigenvalue weighted by atomic mass is 79.9. The maximum absolute atomic E-state index is 4.04. The maximum atomic E-state index is 4.04. The number of hydrogen-bond acceptors (Lipinski definition) is 2. The summed E-state index contributed by atoms with van der Waals surface area (Å²) in [5, 5.41) is 3.37. The van der Waals surface area contributed by atoms with Crippen LogP contribution in [0.1, 0.15) is 11.1 Å². The van der Waals surface area contributed by atoms with Gasteiger partial charge < -0.3 is 5.32 Å². The molecule has 1 heterocycles. The number of halogens is 1. The molecule has 0 saturated heterocycles. The summed E-state index contributed by atoms with van der Waals surface area (Å²) in [6, 6.07) is 10.4. The van der Waals surface area contributed by atoms with Crippen molar-refractivity contribution in [1.29, 1.82) is 0 Å². The van der Waals surface area contributed by atoms with E-state index < -0.39 is 0 Å². The third-order valence-electron chi connectivity index (χ3n) is 2.39. The predicted molar refractivity (Wildman–Crippen MR) is 70.4 cm³/mol. The van der Waals surface area contributed by atoms with Crippen LogP contribution in [0.4, 0.5) is 5.69 Å². The van der Waals surface area contributed by atoms with Gasteiger partial charge in [-0.2, -0.15) is 0 Å². The minimum absolute atomic E-state index is 0.798. The number of rotatable bonds is 3. The molecule has 0 aliphatic carbocycles. The van der Waals surface area contributed by atoms with Crippen molar-refractivity contribution < 1.29 is 0 Å². The molecule has 2 nitrogen and oxygen atoms in total. The summed E-state index contributed by atoms with van der Waals surface area (Å²) in [5.41, 5.74) is 3.61. The van der Waals surface area contributed by atoms with Crippen LogP contribution in [0, 0.1) is 6.92 Å². The molecule has 1 aromatic carbocycles. The summed E-state index contributed by atoms with van der Waals surface area (Å²) in [5.74, 6) is 0. The van der Waals surface area contributed by atoms with Crippen molar-refractivity contribution >= 4 is 21.6 Å². The molecule has 16 heavy (non-hydrogen) atoms. The van der Waals surface area contributed by atoms with Gasteiger partial charge in [-0.1, -0.05) is 17.7 Å². The minimum Gasteiger partial charge on any atom is -0.381 e. The molecule has 0 unspecified atom stereocenters. The maximum Gasteiger partial charge on any atom is 0.0413 e. The highest BCUT2D eigenvalue weighted by Gasteiger charge is 1.98. The summed E-state index contributed by atoms with van der Waals surface area (Å²) in [7, 11) is 0. The molecule has 82 valence electrons. The van der Waals surface area contributed by atoms with Crippen LogP contribution in [0.5, 0.6) is 0 Å². The molecule has 0 atom stereocenters. The fraction of sp³-hybridized carbons (Fsp3) is 0.154. The van der Waals surface area contributed by atoms with E-state index >= 15 is 0 Å². The zero-order valence-electron chi connectivity index (χ0n) is 9.07. The number of aromatic nitrogens is 1. The lowest BCUT2D eigenvalue weighted by atomic mass is 10.2. The van der Waals surface area contributed by atoms with Crippen LogP contribution in [-0.4, -0.2) is 4.98 Å². The van der Waals surface area contributed by atoms with E-state index in [1.165, 1.54) is 11.1 Å². The van der Waals surface area contributed by atoms with Crippen molar-refractivity contribution in [3.63, 3.8) is 0 Å². The molecule has 0 fully saturated rings. The zero-order chi connectivity index (χ0) is 11.4. The summed E-state index contributed by atoms with van der Waals surface area (Å²) >= 11 is 3.48. The quantitative estimate of drug-likeness (QED) is 0.923. The Labute approximate surface area is 104 Å². The molecule has 0 aliphatic rings. The normalized spacial score (nSPS) is 10.1. The Bertz CT molecular complexity index is 466. The second-order valence-electron chi connectivity index (χ2n) is 3.69. The van der Waals surface area contributed by atoms with E-state index in [0.29, 0.717) is 0 Å². The van der Waals surface area contributed by atoms with Gasteiger partial charge >= 0.3 is 0 Å². The number of benzene rings is 1. The van der Waals surface area contributed by atoms with Crippen molar-refractivity contribution in [1.82, 2.24) is 4.98 Å². The number of hydrogen-bond donors (Lipinski definition) is 1. The van der Waals surface area contributed by atoms with Crippen LogP contribution in [-0.2, 0) is 6.54 Å². The minimum atomic E-state index is 0.798. The van der Waals surface area contributed by atoms with Crippen LogP contribution < -0.4 is 5.32 Å². The molecule has 0 amide bonds. The lowest BCUT2D eigenvalue weighted by Crippen LogP contribution is -2.00. The second-order valence-corrected chi connectivity index (χ2v) is 4.54. The number of anilines is 1. The molecule has 1 N–H and O–H groups in total. The Hall–Kier alpha value is -1.35. The number of pyridine rings is 1. The molecular formula is C13H13BrN2. The molecular weight excluding hydrogens is 264 g/mol. The van der Waals surface area contributed by atoms with Crippen LogP contribution >= 0.6 is 15.9 Å². The van der Waals surface area contributed by atoms with Gasteiger partial charge in [-0.3, -0.25) is 4.98 Å². The first-order valence-corrected chi connectivity index (χ1v) is 5.94. The smallest absolute Gasteiger partial charge is 0.0413 e. The molecule has 2 aromatic rings. The van der Waals surface area contributed by atoms with Crippen molar-refractivity contribution in [2.75, 3.05) is 5.32 Å². The molecule has 1 aromatic heterocycles. The zero-order valence-corrected chi connectivity index (χ0v) is 10.7. The van der Waals surface area contributed by atoms with Crippen molar-refractivity contribution in [2.24, 2.45) is 0 Å². The van der Waals surface area contributed by atoms with Gasteiger partial charge in [-0.05, 0) is 46.6 Å². The average molecular weight is 277 g/mol. The van der Waals surface area contributed by atoms with Gasteiger partial charge in [-0.25, -0.2) is 0 Å². The Morgan fingerprint density at radius 3 is 2.62 bits per heavy atom. The van der Waals surface area contributed by atoms with Crippen LogP contribution in [0.25, 0.3) is 0 Å². The standard InChI is InChI=1S/C13H13BrN2/c1-10-2-4-12(5-3-10)16-8-11-6-7-15-9-13(11)14/h2-7,9,16H,8H2,1H3. The largest absolute Gasteiger partial charge is 0.381 e. The molecule has 0 aliphatic heterocycles. The van der Waals surface area contributed by atoms with Gasteiger partial charge in [0.25, 0.3) is 0 Å². The third-order valence-corrected chi connectivity index (χ3v) is 3.10. The highest BCUT2D eigenvalue weighted by molar-refractivity contribution is 9.10. The molecule has 2 rings (SSSR count). The molecule has 0 bridgehead atoms. The Kier molecular flexibility index (Phi) is 3.57. The van der Waals surface area contributed by atoms with E-state index in [4.69, 9.17) is 0 Å². The fourth-order valence-corrected chi connectivity index (χ4v) is 1.81. The number of nitrogens with one attached hydrogen (secondary N) is 1. The molecule has 0 radical (unpaired) electrons. The van der Waals surface area contributed by atoms with Crippen LogP contribution in [0.2, 0.25) is 0 Å². The third kappa shape index (κ3) is 2.83. The van der Waals surface area contributed by atoms with E-state index in [2.05, 4.69) is 57.4 Å². The predicted octanol–water partition coefficient (Wildman–Crippen LogP) is 3.76. The van der Waals surface area contributed by atoms with Gasteiger partial charge in [0.05, 0.1) is 0 Å². The van der Waals surface area contributed by atoms with Crippen molar-refractivity contribution in [2.45, 2.75) is 13.5 Å². The van der Waals surface area contributed by atoms with E-state index in [9.17, 15) is 0 Å². The van der Waals surface area contributed by atoms with E-state index in [-0.39, 0.29) is 0 Å². The van der Waals surface area contributed by atoms with Crippen molar-refractivity contribution in [3.8, 4) is 0 Å². The van der Waals surface area contributed by atoms with Crippen molar-refractivity contribution in [3.05, 3.63) is 58.3 Å². The van der Waals surface area contributed by atoms with E-state index in [1.54, 1.807) is 6.20 Å². The Balaban J connectivity index is 2.02. The topological polar surface area (TPSA) is 24.9 Å². The van der Waals surface area contributed by atoms with Gasteiger partial charge in [-0.15, -0.1) is 0 Å². The van der Waals surface area contributed by atoms with E-state index in [1.807, 2.05) is 12.3 Å². The first kappa shape index (κ1) is 11.1. The first-order chi connectivity index (χ1) is 7.75. The summed E-state index contributed by atoms with van der Waals surface area (Å²) in [6.45, 7) is 2.88. The van der Waals surface area contributed by atoms with Gasteiger partial charge in [0.2, 0.25) is 0 Å². The van der Waals surface area contributed by atoms with Gasteiger partial charge in [0.1, 0.15) is 0 Å². The molecule has 3 heteroatoms. The van der Waals surface area contributed by atoms with Crippen LogP contribution in [0.15, 0.2) is 47.2 Å². The molecule has 0 spiro atoms. The monoisotopic (exact) mass is 276 g/mol. The number of aryl methyl sites for hydroxylation is 1. The lowest BCUT2D eigenvalue weighted by molar-refractivity contribution is 1.11. The Morgan fingerprint density at radius 1 is 1.19 bits per heavy atom. The first-order valence-electron chi connectivity index (χ1n) is 5.14. The number of nitrogens with zero attached hydrogens (tertiary/aromatic N) is 1. The highest BCUT2D eigenvalue weighted by Crippen LogP contribution is 2.16. The Morgan fingerprint density at radius 2 is 1.94 bits per heavy atom. The van der Waals surface area contributed by atoms with Crippen LogP contribution in [0.3, 0.4) is 0 Å². The fourth-order valence-electron chi connectivity index (χ4n) is 1.42.